The fraction of sp³-hybridized carbons (Fsp3) is 0.333. The molecule has 1 aliphatic rings. The van der Waals surface area contributed by atoms with Crippen molar-refractivity contribution in [3.63, 3.8) is 0 Å². The zero-order valence-corrected chi connectivity index (χ0v) is 17.8. The summed E-state index contributed by atoms with van der Waals surface area (Å²) in [7, 11) is 0. The van der Waals surface area contributed by atoms with Crippen LogP contribution in [0.5, 0.6) is 0 Å². The van der Waals surface area contributed by atoms with Crippen molar-refractivity contribution in [3.8, 4) is 0 Å². The number of carboxylic acids is 2. The van der Waals surface area contributed by atoms with Crippen molar-refractivity contribution in [2.45, 2.75) is 19.1 Å². The first-order valence-electron chi connectivity index (χ1n) is 9.64. The minimum absolute atomic E-state index is 0.252. The summed E-state index contributed by atoms with van der Waals surface area (Å²) in [5.41, 5.74) is 1.23. The van der Waals surface area contributed by atoms with Gasteiger partial charge in [-0.25, -0.2) is 0 Å². The number of halogens is 1. The zero-order chi connectivity index (χ0) is 21.3. The van der Waals surface area contributed by atoms with Crippen LogP contribution in [0.2, 0.25) is 5.02 Å². The minimum atomic E-state index is -0.993. The van der Waals surface area contributed by atoms with Crippen molar-refractivity contribution in [2.75, 3.05) is 26.2 Å². The molecule has 3 aromatic rings. The first-order chi connectivity index (χ1) is 14.4. The fourth-order valence-electron chi connectivity index (χ4n) is 4.08. The standard InChI is InChI=1S/C21H22ClN3O4S/c22-14-3-4-16-17(12-25(13-19(26)27)18(16)10-14)20(21(28)29)24-7-5-23(6-8-24)11-15-2-1-9-30-15/h1-4,9-10,12,20H,5-8,11,13H2,(H,26,27)(H,28,29)/t20-/m1/s1. The number of thiophene rings is 1. The van der Waals surface area contributed by atoms with Gasteiger partial charge in [0.05, 0.1) is 5.52 Å². The summed E-state index contributed by atoms with van der Waals surface area (Å²) in [4.78, 5) is 29.2. The first kappa shape index (κ1) is 20.9. The molecule has 0 spiro atoms. The quantitative estimate of drug-likeness (QED) is 0.577. The average molecular weight is 448 g/mol. The Bertz CT molecular complexity index is 1060. The van der Waals surface area contributed by atoms with Gasteiger partial charge < -0.3 is 14.8 Å². The lowest BCUT2D eigenvalue weighted by Gasteiger charge is -2.37. The molecule has 0 saturated carbocycles. The van der Waals surface area contributed by atoms with Crippen molar-refractivity contribution >= 4 is 45.8 Å². The molecule has 30 heavy (non-hydrogen) atoms. The minimum Gasteiger partial charge on any atom is -0.480 e. The van der Waals surface area contributed by atoms with Crippen LogP contribution < -0.4 is 0 Å². The number of hydrogen-bond donors (Lipinski definition) is 2. The summed E-state index contributed by atoms with van der Waals surface area (Å²) in [6, 6.07) is 8.47. The number of rotatable bonds is 7. The summed E-state index contributed by atoms with van der Waals surface area (Å²) in [5, 5.41) is 22.6. The summed E-state index contributed by atoms with van der Waals surface area (Å²) in [6.45, 7) is 3.43. The molecule has 0 amide bonds. The molecule has 0 unspecified atom stereocenters. The number of nitrogens with zero attached hydrogens (tertiary/aromatic N) is 3. The van der Waals surface area contributed by atoms with Gasteiger partial charge in [0.2, 0.25) is 0 Å². The van der Waals surface area contributed by atoms with Crippen LogP contribution in [0.4, 0.5) is 0 Å². The van der Waals surface area contributed by atoms with Gasteiger partial charge in [0.15, 0.2) is 0 Å². The number of carboxylic acid groups (broad SMARTS) is 2. The van der Waals surface area contributed by atoms with Crippen LogP contribution in [0.15, 0.2) is 41.9 Å². The molecule has 2 aromatic heterocycles. The number of carbonyl (C=O) groups is 2. The smallest absolute Gasteiger partial charge is 0.325 e. The average Bonchev–Trinajstić information content (AvgIpc) is 3.31. The van der Waals surface area contributed by atoms with E-state index in [-0.39, 0.29) is 6.54 Å². The molecule has 0 radical (unpaired) electrons. The highest BCUT2D eigenvalue weighted by molar-refractivity contribution is 7.09. The second-order valence-electron chi connectivity index (χ2n) is 7.40. The number of aliphatic carboxylic acids is 2. The third kappa shape index (κ3) is 4.37. The molecule has 158 valence electrons. The van der Waals surface area contributed by atoms with Gasteiger partial charge >= 0.3 is 11.9 Å². The first-order valence-corrected chi connectivity index (χ1v) is 10.9. The number of aromatic nitrogens is 1. The third-order valence-corrected chi connectivity index (χ3v) is 6.54. The van der Waals surface area contributed by atoms with E-state index in [9.17, 15) is 19.8 Å². The molecule has 1 fully saturated rings. The van der Waals surface area contributed by atoms with E-state index in [0.717, 1.165) is 19.6 Å². The van der Waals surface area contributed by atoms with Gasteiger partial charge in [-0.15, -0.1) is 11.3 Å². The van der Waals surface area contributed by atoms with Crippen LogP contribution in [0, 0.1) is 0 Å². The van der Waals surface area contributed by atoms with Gasteiger partial charge in [0.25, 0.3) is 0 Å². The van der Waals surface area contributed by atoms with E-state index in [1.54, 1.807) is 40.3 Å². The van der Waals surface area contributed by atoms with E-state index in [2.05, 4.69) is 16.3 Å². The molecule has 4 rings (SSSR count). The SMILES string of the molecule is O=C(O)Cn1cc([C@H](C(=O)O)N2CCN(Cc3cccs3)CC2)c2ccc(Cl)cc21. The molecule has 1 saturated heterocycles. The van der Waals surface area contributed by atoms with Crippen LogP contribution in [0.25, 0.3) is 10.9 Å². The molecule has 3 heterocycles. The maximum atomic E-state index is 12.3. The summed E-state index contributed by atoms with van der Waals surface area (Å²) >= 11 is 7.83. The Kier molecular flexibility index (Phi) is 6.10. The van der Waals surface area contributed by atoms with Crippen molar-refractivity contribution < 1.29 is 19.8 Å². The molecule has 1 aliphatic heterocycles. The van der Waals surface area contributed by atoms with Crippen molar-refractivity contribution in [1.29, 1.82) is 0 Å². The molecular weight excluding hydrogens is 426 g/mol. The van der Waals surface area contributed by atoms with Crippen molar-refractivity contribution in [3.05, 3.63) is 57.4 Å². The van der Waals surface area contributed by atoms with Gasteiger partial charge in [0, 0.05) is 59.8 Å². The van der Waals surface area contributed by atoms with E-state index in [1.807, 2.05) is 11.0 Å². The molecular formula is C21H22ClN3O4S. The van der Waals surface area contributed by atoms with Gasteiger partial charge in [-0.1, -0.05) is 23.7 Å². The Morgan fingerprint density at radius 2 is 1.90 bits per heavy atom. The Hall–Kier alpha value is -2.39. The Morgan fingerprint density at radius 3 is 2.53 bits per heavy atom. The van der Waals surface area contributed by atoms with Gasteiger partial charge in [-0.05, 0) is 23.6 Å². The molecule has 0 aliphatic carbocycles. The monoisotopic (exact) mass is 447 g/mol. The van der Waals surface area contributed by atoms with E-state index in [1.165, 1.54) is 4.88 Å². The van der Waals surface area contributed by atoms with Crippen LogP contribution in [0.1, 0.15) is 16.5 Å². The number of piperazine rings is 1. The van der Waals surface area contributed by atoms with Gasteiger partial charge in [0.1, 0.15) is 12.6 Å². The third-order valence-electron chi connectivity index (χ3n) is 5.44. The van der Waals surface area contributed by atoms with Crippen LogP contribution >= 0.6 is 22.9 Å². The highest BCUT2D eigenvalue weighted by Gasteiger charge is 2.33. The number of benzene rings is 1. The molecule has 1 atom stereocenters. The Balaban J connectivity index is 1.60. The van der Waals surface area contributed by atoms with E-state index in [0.29, 0.717) is 34.6 Å². The van der Waals surface area contributed by atoms with Gasteiger partial charge in [-0.2, -0.15) is 0 Å². The molecule has 7 nitrogen and oxygen atoms in total. The summed E-state index contributed by atoms with van der Waals surface area (Å²) in [5.74, 6) is -1.93. The lowest BCUT2D eigenvalue weighted by atomic mass is 10.0. The number of fused-ring (bicyclic) bond motifs is 1. The fourth-order valence-corrected chi connectivity index (χ4v) is 4.99. The Morgan fingerprint density at radius 1 is 1.13 bits per heavy atom. The summed E-state index contributed by atoms with van der Waals surface area (Å²) in [6.07, 6.45) is 1.64. The van der Waals surface area contributed by atoms with E-state index >= 15 is 0 Å². The van der Waals surface area contributed by atoms with Crippen molar-refractivity contribution in [2.24, 2.45) is 0 Å². The van der Waals surface area contributed by atoms with Gasteiger partial charge in [-0.3, -0.25) is 19.4 Å². The normalized spacial score (nSPS) is 16.7. The maximum absolute atomic E-state index is 12.3. The molecule has 2 N–H and O–H groups in total. The molecule has 1 aromatic carbocycles. The van der Waals surface area contributed by atoms with Crippen LogP contribution in [-0.2, 0) is 22.7 Å². The van der Waals surface area contributed by atoms with E-state index < -0.39 is 18.0 Å². The highest BCUT2D eigenvalue weighted by atomic mass is 35.5. The zero-order valence-electron chi connectivity index (χ0n) is 16.2. The largest absolute Gasteiger partial charge is 0.480 e. The lowest BCUT2D eigenvalue weighted by Crippen LogP contribution is -2.48. The van der Waals surface area contributed by atoms with Crippen molar-refractivity contribution in [1.82, 2.24) is 14.4 Å². The predicted molar refractivity (Wildman–Crippen MR) is 116 cm³/mol. The summed E-state index contributed by atoms with van der Waals surface area (Å²) < 4.78 is 1.56. The van der Waals surface area contributed by atoms with Crippen LogP contribution in [-0.4, -0.2) is 62.7 Å². The number of hydrogen-bond acceptors (Lipinski definition) is 5. The lowest BCUT2D eigenvalue weighted by molar-refractivity contribution is -0.144. The molecule has 9 heteroatoms. The Labute approximate surface area is 182 Å². The molecule has 0 bridgehead atoms. The topological polar surface area (TPSA) is 86.0 Å². The maximum Gasteiger partial charge on any atom is 0.325 e. The highest BCUT2D eigenvalue weighted by Crippen LogP contribution is 2.33. The van der Waals surface area contributed by atoms with Crippen LogP contribution in [0.3, 0.4) is 0 Å². The predicted octanol–water partition coefficient (Wildman–Crippen LogP) is 3.38. The second kappa shape index (κ2) is 8.77. The van der Waals surface area contributed by atoms with E-state index in [4.69, 9.17) is 11.6 Å². The second-order valence-corrected chi connectivity index (χ2v) is 8.87.